The van der Waals surface area contributed by atoms with Gasteiger partial charge in [-0.1, -0.05) is 0 Å². The molecule has 0 aromatic carbocycles. The third-order valence-corrected chi connectivity index (χ3v) is 6.67. The van der Waals surface area contributed by atoms with Crippen molar-refractivity contribution in [1.82, 2.24) is 14.2 Å². The van der Waals surface area contributed by atoms with Crippen LogP contribution in [0.15, 0.2) is 0 Å². The number of nitrogens with zero attached hydrogens (tertiary/aromatic N) is 3. The highest BCUT2D eigenvalue weighted by atomic mass is 31.2. The Morgan fingerprint density at radius 1 is 1.04 bits per heavy atom. The lowest BCUT2D eigenvalue weighted by Gasteiger charge is -2.33. The summed E-state index contributed by atoms with van der Waals surface area (Å²) in [5.41, 5.74) is 0. The monoisotopic (exact) mass is 411 g/mol. The first-order chi connectivity index (χ1) is 13.0. The van der Waals surface area contributed by atoms with Crippen molar-refractivity contribution in [2.45, 2.75) is 13.3 Å². The number of hydrogen-bond acceptors (Lipinski definition) is 7. The maximum atomic E-state index is 13.1. The molecule has 1 aliphatic rings. The number of aliphatic hydroxyl groups is 1. The van der Waals surface area contributed by atoms with E-state index in [1.54, 1.807) is 23.7 Å². The number of hydrogen-bond donors (Lipinski definition) is 1. The second-order valence-corrected chi connectivity index (χ2v) is 8.72. The zero-order valence-corrected chi connectivity index (χ0v) is 17.6. The number of carbonyl (C=O) groups is 1. The molecule has 0 saturated carbocycles. The zero-order chi connectivity index (χ0) is 20.1. The van der Waals surface area contributed by atoms with Crippen LogP contribution in [0, 0.1) is 0 Å². The lowest BCUT2D eigenvalue weighted by Crippen LogP contribution is -2.36. The lowest BCUT2D eigenvalue weighted by molar-refractivity contribution is 0.0144. The van der Waals surface area contributed by atoms with Crippen LogP contribution in [0.4, 0.5) is 4.79 Å². The van der Waals surface area contributed by atoms with Crippen molar-refractivity contribution in [3.63, 3.8) is 0 Å². The van der Waals surface area contributed by atoms with E-state index in [9.17, 15) is 9.36 Å². The first-order valence-corrected chi connectivity index (χ1v) is 10.8. The second-order valence-electron chi connectivity index (χ2n) is 6.11. The van der Waals surface area contributed by atoms with Crippen LogP contribution >= 0.6 is 7.67 Å². The molecule has 10 nitrogen and oxygen atoms in total. The summed E-state index contributed by atoms with van der Waals surface area (Å²) in [7, 11) is 0.424. The number of aliphatic hydroxyl groups excluding tert-OH is 1. The smallest absolute Gasteiger partial charge is 0.409 e. The van der Waals surface area contributed by atoms with Crippen LogP contribution < -0.4 is 0 Å². The Kier molecular flexibility index (Phi) is 12.1. The van der Waals surface area contributed by atoms with E-state index in [1.807, 2.05) is 11.6 Å². The van der Waals surface area contributed by atoms with Gasteiger partial charge in [-0.2, -0.15) is 0 Å². The van der Waals surface area contributed by atoms with Crippen molar-refractivity contribution in [3.8, 4) is 0 Å². The molecular formula is C16H34N3O7P. The van der Waals surface area contributed by atoms with Crippen LogP contribution in [0.2, 0.25) is 0 Å². The quantitative estimate of drug-likeness (QED) is 0.370. The van der Waals surface area contributed by atoms with E-state index < -0.39 is 13.8 Å². The Hall–Kier alpha value is -0.740. The van der Waals surface area contributed by atoms with Gasteiger partial charge in [0.2, 0.25) is 0 Å². The van der Waals surface area contributed by atoms with Gasteiger partial charge in [-0.05, 0) is 27.4 Å². The van der Waals surface area contributed by atoms with Crippen LogP contribution in [-0.4, -0.2) is 112 Å². The summed E-state index contributed by atoms with van der Waals surface area (Å²) < 4.78 is 37.6. The molecule has 1 fully saturated rings. The van der Waals surface area contributed by atoms with Crippen LogP contribution in [-0.2, 0) is 23.3 Å². The van der Waals surface area contributed by atoms with Crippen molar-refractivity contribution in [2.24, 2.45) is 0 Å². The van der Waals surface area contributed by atoms with Crippen molar-refractivity contribution in [2.75, 3.05) is 86.5 Å². The maximum Gasteiger partial charge on any atom is 0.409 e. The normalized spacial score (nSPS) is 18.3. The van der Waals surface area contributed by atoms with Crippen LogP contribution in [0.5, 0.6) is 0 Å². The molecular weight excluding hydrogens is 377 g/mol. The minimum absolute atomic E-state index is 0.0144. The molecule has 1 saturated heterocycles. The minimum Gasteiger partial charge on any atom is -0.447 e. The molecule has 0 bridgehead atoms. The highest BCUT2D eigenvalue weighted by molar-refractivity contribution is 7.53. The van der Waals surface area contributed by atoms with Crippen LogP contribution in [0.25, 0.3) is 0 Å². The van der Waals surface area contributed by atoms with Gasteiger partial charge >= 0.3 is 13.8 Å². The standard InChI is InChI=1S/C16H34N3O7P/c1-4-26-27(22,17(2)3)19-7-5-6-18(8-9-19)16(21)25-15-14-24-13-12-23-11-10-20/h20H,4-15H2,1-3H3. The molecule has 1 amide bonds. The third-order valence-electron chi connectivity index (χ3n) is 3.95. The second kappa shape index (κ2) is 13.4. The van der Waals surface area contributed by atoms with Crippen molar-refractivity contribution in [3.05, 3.63) is 0 Å². The molecule has 0 aliphatic carbocycles. The molecule has 1 unspecified atom stereocenters. The molecule has 160 valence electrons. The fraction of sp³-hybridized carbons (Fsp3) is 0.938. The van der Waals surface area contributed by atoms with Gasteiger partial charge in [0.1, 0.15) is 6.61 Å². The van der Waals surface area contributed by atoms with E-state index in [0.29, 0.717) is 52.4 Å². The molecule has 0 radical (unpaired) electrons. The Morgan fingerprint density at radius 3 is 2.33 bits per heavy atom. The Bertz CT molecular complexity index is 467. The Morgan fingerprint density at radius 2 is 1.70 bits per heavy atom. The molecule has 1 rings (SSSR count). The SMILES string of the molecule is CCOP(=O)(N(C)C)N1CCCN(C(=O)OCCOCCOCCO)CC1. The lowest BCUT2D eigenvalue weighted by atomic mass is 10.4. The van der Waals surface area contributed by atoms with Gasteiger partial charge in [0.15, 0.2) is 0 Å². The zero-order valence-electron chi connectivity index (χ0n) is 16.7. The maximum absolute atomic E-state index is 13.1. The predicted molar refractivity (Wildman–Crippen MR) is 101 cm³/mol. The van der Waals surface area contributed by atoms with Gasteiger partial charge in [-0.25, -0.2) is 14.1 Å². The first kappa shape index (κ1) is 24.3. The van der Waals surface area contributed by atoms with E-state index in [2.05, 4.69) is 0 Å². The summed E-state index contributed by atoms with van der Waals surface area (Å²) in [6.07, 6.45) is 0.298. The summed E-state index contributed by atoms with van der Waals surface area (Å²) in [5.74, 6) is 0. The van der Waals surface area contributed by atoms with E-state index in [0.717, 1.165) is 0 Å². The number of rotatable bonds is 12. The van der Waals surface area contributed by atoms with E-state index in [1.165, 1.54) is 0 Å². The highest BCUT2D eigenvalue weighted by Gasteiger charge is 2.36. The van der Waals surface area contributed by atoms with Crippen LogP contribution in [0.1, 0.15) is 13.3 Å². The molecule has 0 spiro atoms. The van der Waals surface area contributed by atoms with Crippen molar-refractivity contribution >= 4 is 13.8 Å². The van der Waals surface area contributed by atoms with Gasteiger partial charge in [0, 0.05) is 26.2 Å². The van der Waals surface area contributed by atoms with E-state index in [4.69, 9.17) is 23.8 Å². The molecule has 11 heteroatoms. The van der Waals surface area contributed by atoms with E-state index in [-0.39, 0.29) is 26.4 Å². The molecule has 0 aromatic rings. The first-order valence-electron chi connectivity index (χ1n) is 9.31. The number of amides is 1. The fourth-order valence-corrected chi connectivity index (χ4v) is 4.60. The van der Waals surface area contributed by atoms with Crippen LogP contribution in [0.3, 0.4) is 0 Å². The highest BCUT2D eigenvalue weighted by Crippen LogP contribution is 2.52. The molecule has 1 atom stereocenters. The number of carbonyl (C=O) groups excluding carboxylic acids is 1. The Balaban J connectivity index is 2.33. The Labute approximate surface area is 161 Å². The molecule has 27 heavy (non-hydrogen) atoms. The van der Waals surface area contributed by atoms with Crippen molar-refractivity contribution < 1.29 is 33.2 Å². The molecule has 1 aliphatic heterocycles. The molecule has 0 aromatic heterocycles. The average molecular weight is 411 g/mol. The summed E-state index contributed by atoms with van der Waals surface area (Å²) in [6.45, 7) is 5.71. The summed E-state index contributed by atoms with van der Waals surface area (Å²) >= 11 is 0. The summed E-state index contributed by atoms with van der Waals surface area (Å²) in [4.78, 5) is 13.8. The van der Waals surface area contributed by atoms with Gasteiger partial charge in [0.25, 0.3) is 0 Å². The topological polar surface area (TPSA) is 101 Å². The average Bonchev–Trinajstić information content (AvgIpc) is 2.90. The minimum atomic E-state index is -3.05. The fourth-order valence-electron chi connectivity index (χ4n) is 2.62. The van der Waals surface area contributed by atoms with Gasteiger partial charge in [0.05, 0.1) is 39.6 Å². The van der Waals surface area contributed by atoms with Crippen molar-refractivity contribution in [1.29, 1.82) is 0 Å². The summed E-state index contributed by atoms with van der Waals surface area (Å²) in [5, 5.41) is 8.57. The van der Waals surface area contributed by atoms with E-state index >= 15 is 0 Å². The molecule has 1 N–H and O–H groups in total. The number of ether oxygens (including phenoxy) is 3. The predicted octanol–water partition coefficient (Wildman–Crippen LogP) is 0.862. The van der Waals surface area contributed by atoms with Gasteiger partial charge in [-0.3, -0.25) is 4.57 Å². The third kappa shape index (κ3) is 8.43. The van der Waals surface area contributed by atoms with Gasteiger partial charge in [-0.15, -0.1) is 0 Å². The largest absolute Gasteiger partial charge is 0.447 e. The van der Waals surface area contributed by atoms with Gasteiger partial charge < -0.3 is 28.7 Å². The summed E-state index contributed by atoms with van der Waals surface area (Å²) in [6, 6.07) is 0. The molecule has 1 heterocycles.